The van der Waals surface area contributed by atoms with Crippen LogP contribution in [0, 0.1) is 23.3 Å². The molecule has 0 amide bonds. The van der Waals surface area contributed by atoms with Crippen LogP contribution in [0.1, 0.15) is 49.7 Å². The molecule has 2 fully saturated rings. The maximum absolute atomic E-state index is 8.90. The number of halogens is 3. The van der Waals surface area contributed by atoms with Gasteiger partial charge in [0.05, 0.1) is 24.5 Å². The SMILES string of the molecule is CN1OC2(CC(C3CCCOC3)Oc3ccc(Br)cc32)N=C1N.CNO.Cl.N#CN=C1CC(C2CCCOC2)Oc2ccc(Br)cc21. The van der Waals surface area contributed by atoms with Crippen molar-refractivity contribution in [2.24, 2.45) is 27.6 Å². The molecular weight excluding hydrogens is 760 g/mol. The van der Waals surface area contributed by atoms with Gasteiger partial charge in [0.25, 0.3) is 0 Å². The number of rotatable bonds is 2. The van der Waals surface area contributed by atoms with E-state index in [9.17, 15) is 0 Å². The Morgan fingerprint density at radius 2 is 1.62 bits per heavy atom. The number of ether oxygens (including phenoxy) is 4. The van der Waals surface area contributed by atoms with Gasteiger partial charge in [0, 0.05) is 66.5 Å². The molecule has 2 aromatic carbocycles. The van der Waals surface area contributed by atoms with Crippen LogP contribution in [0.4, 0.5) is 0 Å². The summed E-state index contributed by atoms with van der Waals surface area (Å²) >= 11 is 6.97. The van der Waals surface area contributed by atoms with E-state index >= 15 is 0 Å². The highest BCUT2D eigenvalue weighted by Crippen LogP contribution is 2.48. The van der Waals surface area contributed by atoms with Crippen molar-refractivity contribution in [1.82, 2.24) is 10.5 Å². The Kier molecular flexibility index (Phi) is 13.7. The predicted molar refractivity (Wildman–Crippen MR) is 186 cm³/mol. The van der Waals surface area contributed by atoms with Crippen LogP contribution in [-0.4, -0.2) is 74.7 Å². The van der Waals surface area contributed by atoms with Crippen molar-refractivity contribution in [1.29, 1.82) is 5.26 Å². The lowest BCUT2D eigenvalue weighted by atomic mass is 9.85. The fourth-order valence-corrected chi connectivity index (χ4v) is 7.11. The molecule has 256 valence electrons. The number of nitrogens with zero attached hydrogens (tertiary/aromatic N) is 4. The standard InChI is InChI=1S/C16H20BrN3O3.C15H15BrN2O2.CH5NO.ClH/c1-20-15(18)19-16(23-20)8-14(10-3-2-6-21-9-10)22-13-5-4-11(17)7-12(13)16;16-11-3-4-14-12(6-11)13(18-9-17)7-15(20-14)10-2-1-5-19-8-10;1-2-3;/h4-5,7,10,14H,2-3,6,8-9H2,1H3,(H2,18,19);3-4,6,10,15H,1-2,5,7-8H2;2-3H,1H3;1H. The maximum Gasteiger partial charge on any atom is 0.221 e. The summed E-state index contributed by atoms with van der Waals surface area (Å²) in [4.78, 5) is 14.7. The average molecular weight is 801 g/mol. The number of hydroxylamine groups is 3. The van der Waals surface area contributed by atoms with Crippen LogP contribution in [0.3, 0.4) is 0 Å². The number of nitriles is 1. The number of nitrogens with one attached hydrogen (secondary N) is 1. The maximum atomic E-state index is 8.90. The first-order valence-corrected chi connectivity index (χ1v) is 17.0. The third-order valence-corrected chi connectivity index (χ3v) is 9.56. The molecule has 15 heteroatoms. The molecule has 2 saturated heterocycles. The molecule has 0 radical (unpaired) electrons. The van der Waals surface area contributed by atoms with Crippen molar-refractivity contribution in [3.8, 4) is 17.7 Å². The number of aliphatic imine (C=N–C) groups is 2. The Labute approximate surface area is 298 Å². The van der Waals surface area contributed by atoms with Gasteiger partial charge in [-0.05, 0) is 62.1 Å². The van der Waals surface area contributed by atoms with E-state index in [-0.39, 0.29) is 24.6 Å². The number of hydrogen-bond donors (Lipinski definition) is 3. The summed E-state index contributed by atoms with van der Waals surface area (Å²) in [5, 5.41) is 17.7. The third kappa shape index (κ3) is 8.96. The Bertz CT molecular complexity index is 1470. The molecule has 5 atom stereocenters. The summed E-state index contributed by atoms with van der Waals surface area (Å²) in [6.07, 6.45) is 7.62. The number of fused-ring (bicyclic) bond motifs is 3. The largest absolute Gasteiger partial charge is 0.489 e. The van der Waals surface area contributed by atoms with E-state index in [0.717, 1.165) is 89.4 Å². The highest BCUT2D eigenvalue weighted by Gasteiger charge is 2.50. The zero-order valence-corrected chi connectivity index (χ0v) is 30.4. The zero-order chi connectivity index (χ0) is 32.7. The molecule has 7 rings (SSSR count). The number of guanidine groups is 1. The first-order valence-electron chi connectivity index (χ1n) is 15.4. The molecule has 0 aliphatic carbocycles. The topological polar surface area (TPSA) is 156 Å². The van der Waals surface area contributed by atoms with E-state index in [4.69, 9.17) is 40.0 Å². The molecule has 5 aliphatic rings. The number of hydrogen-bond acceptors (Lipinski definition) is 12. The number of benzene rings is 2. The summed E-state index contributed by atoms with van der Waals surface area (Å²) in [5.74, 6) is 2.73. The van der Waals surface area contributed by atoms with E-state index in [1.807, 2.05) is 42.6 Å². The quantitative estimate of drug-likeness (QED) is 0.255. The van der Waals surface area contributed by atoms with Crippen molar-refractivity contribution in [2.45, 2.75) is 56.5 Å². The molecule has 47 heavy (non-hydrogen) atoms. The van der Waals surface area contributed by atoms with Crippen LogP contribution < -0.4 is 20.7 Å². The average Bonchev–Trinajstić information content (AvgIpc) is 3.35. The molecule has 5 aliphatic heterocycles. The first kappa shape index (κ1) is 37.3. The summed E-state index contributed by atoms with van der Waals surface area (Å²) in [5.41, 5.74) is 9.55. The van der Waals surface area contributed by atoms with Crippen LogP contribution >= 0.6 is 44.3 Å². The van der Waals surface area contributed by atoms with Crippen molar-refractivity contribution >= 4 is 55.9 Å². The summed E-state index contributed by atoms with van der Waals surface area (Å²) in [6.45, 7) is 3.13. The Morgan fingerprint density at radius 3 is 2.19 bits per heavy atom. The lowest BCUT2D eigenvalue weighted by Gasteiger charge is -2.40. The highest BCUT2D eigenvalue weighted by atomic mass is 79.9. The van der Waals surface area contributed by atoms with Gasteiger partial charge in [-0.25, -0.2) is 20.4 Å². The smallest absolute Gasteiger partial charge is 0.221 e. The lowest BCUT2D eigenvalue weighted by molar-refractivity contribution is -0.196. The van der Waals surface area contributed by atoms with E-state index in [2.05, 4.69) is 41.8 Å². The molecule has 2 aromatic rings. The van der Waals surface area contributed by atoms with Crippen LogP contribution in [0.2, 0.25) is 0 Å². The molecule has 0 bridgehead atoms. The molecule has 5 heterocycles. The summed E-state index contributed by atoms with van der Waals surface area (Å²) in [6, 6.07) is 11.8. The van der Waals surface area contributed by atoms with Gasteiger partial charge in [0.1, 0.15) is 23.7 Å². The minimum Gasteiger partial charge on any atom is -0.489 e. The second kappa shape index (κ2) is 17.3. The van der Waals surface area contributed by atoms with E-state index in [1.54, 1.807) is 12.5 Å². The second-order valence-corrected chi connectivity index (χ2v) is 13.5. The van der Waals surface area contributed by atoms with Crippen molar-refractivity contribution in [3.63, 3.8) is 0 Å². The van der Waals surface area contributed by atoms with Gasteiger partial charge in [0.2, 0.25) is 17.9 Å². The van der Waals surface area contributed by atoms with Gasteiger partial charge in [0.15, 0.2) is 0 Å². The van der Waals surface area contributed by atoms with Crippen LogP contribution in [0.5, 0.6) is 11.5 Å². The van der Waals surface area contributed by atoms with Gasteiger partial charge in [-0.2, -0.15) is 10.3 Å². The van der Waals surface area contributed by atoms with Crippen LogP contribution in [0.25, 0.3) is 0 Å². The molecule has 4 N–H and O–H groups in total. The van der Waals surface area contributed by atoms with Crippen molar-refractivity contribution in [2.75, 3.05) is 40.5 Å². The molecule has 5 unspecified atom stereocenters. The number of nitrogens with two attached hydrogens (primary N) is 1. The Hall–Kier alpha value is -2.48. The van der Waals surface area contributed by atoms with E-state index in [0.29, 0.717) is 30.6 Å². The Balaban J connectivity index is 0.000000194. The molecule has 0 aromatic heterocycles. The van der Waals surface area contributed by atoms with E-state index in [1.165, 1.54) is 12.1 Å². The molecular formula is C32H41Br2ClN6O6. The van der Waals surface area contributed by atoms with Crippen LogP contribution in [-0.2, 0) is 20.0 Å². The first-order chi connectivity index (χ1) is 22.3. The predicted octanol–water partition coefficient (Wildman–Crippen LogP) is 5.69. The zero-order valence-electron chi connectivity index (χ0n) is 26.4. The normalized spacial score (nSPS) is 28.4. The van der Waals surface area contributed by atoms with Crippen molar-refractivity contribution < 1.29 is 29.0 Å². The highest BCUT2D eigenvalue weighted by molar-refractivity contribution is 9.10. The second-order valence-electron chi connectivity index (χ2n) is 11.7. The van der Waals surface area contributed by atoms with Gasteiger partial charge in [-0.15, -0.1) is 12.4 Å². The van der Waals surface area contributed by atoms with Gasteiger partial charge in [-0.3, -0.25) is 0 Å². The van der Waals surface area contributed by atoms with Crippen molar-refractivity contribution in [3.05, 3.63) is 56.5 Å². The summed E-state index contributed by atoms with van der Waals surface area (Å²) in [7, 11) is 3.21. The lowest BCUT2D eigenvalue weighted by Crippen LogP contribution is -2.44. The van der Waals surface area contributed by atoms with Gasteiger partial charge in [-0.1, -0.05) is 31.9 Å². The van der Waals surface area contributed by atoms with Gasteiger partial charge >= 0.3 is 0 Å². The van der Waals surface area contributed by atoms with E-state index < -0.39 is 5.72 Å². The van der Waals surface area contributed by atoms with Gasteiger partial charge < -0.3 is 29.9 Å². The third-order valence-electron chi connectivity index (χ3n) is 8.58. The molecule has 12 nitrogen and oxygen atoms in total. The summed E-state index contributed by atoms with van der Waals surface area (Å²) < 4.78 is 25.5. The molecule has 0 saturated carbocycles. The fraction of sp³-hybridized carbons (Fsp3) is 0.531. The van der Waals surface area contributed by atoms with Crippen LogP contribution in [0.15, 0.2) is 55.3 Å². The monoisotopic (exact) mass is 798 g/mol. The fourth-order valence-electron chi connectivity index (χ4n) is 6.38. The Morgan fingerprint density at radius 1 is 1.02 bits per heavy atom. The molecule has 1 spiro atoms. The minimum atomic E-state index is -0.807. The minimum absolute atomic E-state index is 0.